The first-order chi connectivity index (χ1) is 8.69. The third-order valence-electron chi connectivity index (χ3n) is 2.30. The van der Waals surface area contributed by atoms with Crippen LogP contribution in [-0.2, 0) is 5.75 Å². The number of thioether (sulfide) groups is 1. The number of nitrogens with zero attached hydrogens (tertiary/aromatic N) is 3. The summed E-state index contributed by atoms with van der Waals surface area (Å²) in [6.07, 6.45) is 0. The van der Waals surface area contributed by atoms with E-state index in [0.717, 1.165) is 22.3 Å². The van der Waals surface area contributed by atoms with Crippen LogP contribution in [0.15, 0.2) is 34.6 Å². The van der Waals surface area contributed by atoms with Gasteiger partial charge in [-0.1, -0.05) is 41.2 Å². The molecular weight excluding hydrogens is 250 g/mol. The number of hydrogen-bond acceptors (Lipinski definition) is 5. The molecule has 6 nitrogen and oxygen atoms in total. The van der Waals surface area contributed by atoms with E-state index in [-0.39, 0.29) is 5.84 Å². The molecule has 18 heavy (non-hydrogen) atoms. The molecule has 94 valence electrons. The van der Waals surface area contributed by atoms with Crippen LogP contribution in [0.5, 0.6) is 0 Å². The summed E-state index contributed by atoms with van der Waals surface area (Å²) in [5.41, 5.74) is 7.30. The topological polar surface area (TPSA) is 100 Å². The van der Waals surface area contributed by atoms with Gasteiger partial charge in [-0.25, -0.2) is 4.98 Å². The number of oxime groups is 1. The molecule has 0 aliphatic carbocycles. The van der Waals surface area contributed by atoms with E-state index in [1.54, 1.807) is 11.8 Å². The van der Waals surface area contributed by atoms with Crippen LogP contribution < -0.4 is 5.73 Å². The second kappa shape index (κ2) is 5.54. The highest BCUT2D eigenvalue weighted by Crippen LogP contribution is 2.19. The van der Waals surface area contributed by atoms with Gasteiger partial charge >= 0.3 is 0 Å². The largest absolute Gasteiger partial charge is 0.409 e. The predicted octanol–water partition coefficient (Wildman–Crippen LogP) is 1.50. The number of aromatic nitrogens is 3. The number of H-pyrrole nitrogens is 1. The molecule has 0 radical (unpaired) electrons. The monoisotopic (exact) mass is 263 g/mol. The zero-order valence-electron chi connectivity index (χ0n) is 9.79. The third kappa shape index (κ3) is 3.01. The average molecular weight is 263 g/mol. The Morgan fingerprint density at radius 2 is 2.17 bits per heavy atom. The molecule has 1 heterocycles. The lowest BCUT2D eigenvalue weighted by molar-refractivity contribution is 0.318. The lowest BCUT2D eigenvalue weighted by atomic mass is 10.1. The summed E-state index contributed by atoms with van der Waals surface area (Å²) in [5.74, 6) is 1.69. The summed E-state index contributed by atoms with van der Waals surface area (Å²) < 4.78 is 0. The van der Waals surface area contributed by atoms with Crippen molar-refractivity contribution in [2.24, 2.45) is 10.9 Å². The molecule has 0 atom stereocenters. The average Bonchev–Trinajstić information content (AvgIpc) is 2.82. The van der Waals surface area contributed by atoms with Crippen LogP contribution in [0, 0.1) is 6.92 Å². The van der Waals surface area contributed by atoms with Gasteiger partial charge in [0, 0.05) is 11.3 Å². The lowest BCUT2D eigenvalue weighted by Gasteiger charge is -2.01. The number of aromatic amines is 1. The van der Waals surface area contributed by atoms with E-state index in [2.05, 4.69) is 20.3 Å². The summed E-state index contributed by atoms with van der Waals surface area (Å²) in [4.78, 5) is 4.21. The van der Waals surface area contributed by atoms with Crippen molar-refractivity contribution in [2.45, 2.75) is 17.8 Å². The Kier molecular flexibility index (Phi) is 3.83. The van der Waals surface area contributed by atoms with Crippen molar-refractivity contribution in [2.75, 3.05) is 0 Å². The van der Waals surface area contributed by atoms with Gasteiger partial charge in [0.1, 0.15) is 5.82 Å². The minimum atomic E-state index is 0.110. The van der Waals surface area contributed by atoms with Crippen LogP contribution in [-0.4, -0.2) is 26.2 Å². The Morgan fingerprint density at radius 1 is 1.44 bits per heavy atom. The summed E-state index contributed by atoms with van der Waals surface area (Å²) >= 11 is 1.55. The van der Waals surface area contributed by atoms with Crippen LogP contribution in [0.4, 0.5) is 0 Å². The highest BCUT2D eigenvalue weighted by atomic mass is 32.2. The molecule has 0 amide bonds. The SMILES string of the molecule is Cc1nc(SCc2ccc(/C(N)=N/O)cc2)n[nH]1. The second-order valence-corrected chi connectivity index (χ2v) is 4.62. The summed E-state index contributed by atoms with van der Waals surface area (Å²) in [6, 6.07) is 7.49. The number of rotatable bonds is 4. The maximum atomic E-state index is 8.55. The van der Waals surface area contributed by atoms with E-state index < -0.39 is 0 Å². The fourth-order valence-corrected chi connectivity index (χ4v) is 2.16. The molecule has 0 fully saturated rings. The predicted molar refractivity (Wildman–Crippen MR) is 69.6 cm³/mol. The Bertz CT molecular complexity index is 549. The number of nitrogens with one attached hydrogen (secondary N) is 1. The Hall–Kier alpha value is -2.02. The van der Waals surface area contributed by atoms with Crippen LogP contribution in [0.25, 0.3) is 0 Å². The fourth-order valence-electron chi connectivity index (χ4n) is 1.36. The molecule has 0 aliphatic heterocycles. The minimum Gasteiger partial charge on any atom is -0.409 e. The molecule has 0 unspecified atom stereocenters. The smallest absolute Gasteiger partial charge is 0.208 e. The maximum absolute atomic E-state index is 8.55. The van der Waals surface area contributed by atoms with Gasteiger partial charge < -0.3 is 10.9 Å². The van der Waals surface area contributed by atoms with Gasteiger partial charge in [-0.05, 0) is 12.5 Å². The number of amidine groups is 1. The van der Waals surface area contributed by atoms with Crippen molar-refractivity contribution in [3.05, 3.63) is 41.2 Å². The Balaban J connectivity index is 1.98. The first-order valence-corrected chi connectivity index (χ1v) is 6.26. The first kappa shape index (κ1) is 12.4. The van der Waals surface area contributed by atoms with E-state index in [1.807, 2.05) is 31.2 Å². The van der Waals surface area contributed by atoms with Gasteiger partial charge in [-0.2, -0.15) is 0 Å². The summed E-state index contributed by atoms with van der Waals surface area (Å²) in [6.45, 7) is 1.86. The van der Waals surface area contributed by atoms with Gasteiger partial charge in [0.25, 0.3) is 0 Å². The number of aryl methyl sites for hydroxylation is 1. The van der Waals surface area contributed by atoms with Crippen molar-refractivity contribution in [1.29, 1.82) is 0 Å². The molecule has 4 N–H and O–H groups in total. The normalized spacial score (nSPS) is 11.7. The standard InChI is InChI=1S/C11H13N5OS/c1-7-13-11(15-14-7)18-6-8-2-4-9(5-3-8)10(12)16-17/h2-5,17H,6H2,1H3,(H2,12,16)(H,13,14,15). The van der Waals surface area contributed by atoms with E-state index in [1.165, 1.54) is 0 Å². The van der Waals surface area contributed by atoms with Crippen molar-refractivity contribution in [1.82, 2.24) is 15.2 Å². The maximum Gasteiger partial charge on any atom is 0.208 e. The second-order valence-electron chi connectivity index (χ2n) is 3.67. The van der Waals surface area contributed by atoms with Crippen LogP contribution in [0.3, 0.4) is 0 Å². The fraction of sp³-hybridized carbons (Fsp3) is 0.182. The quantitative estimate of drug-likeness (QED) is 0.255. The molecule has 7 heteroatoms. The van der Waals surface area contributed by atoms with Crippen LogP contribution in [0.2, 0.25) is 0 Å². The van der Waals surface area contributed by atoms with Crippen molar-refractivity contribution in [3.63, 3.8) is 0 Å². The van der Waals surface area contributed by atoms with Gasteiger partial charge in [0.15, 0.2) is 5.84 Å². The molecule has 0 aliphatic rings. The van der Waals surface area contributed by atoms with E-state index in [9.17, 15) is 0 Å². The highest BCUT2D eigenvalue weighted by Gasteiger charge is 2.03. The third-order valence-corrected chi connectivity index (χ3v) is 3.22. The molecular formula is C11H13N5OS. The van der Waals surface area contributed by atoms with Gasteiger partial charge in [0.05, 0.1) is 0 Å². The van der Waals surface area contributed by atoms with E-state index in [4.69, 9.17) is 10.9 Å². The van der Waals surface area contributed by atoms with Gasteiger partial charge in [0.2, 0.25) is 5.16 Å². The Labute approximate surface area is 108 Å². The summed E-state index contributed by atoms with van der Waals surface area (Å²) in [5, 5.41) is 19.1. The number of nitrogens with two attached hydrogens (primary N) is 1. The van der Waals surface area contributed by atoms with Gasteiger partial charge in [-0.15, -0.1) is 5.10 Å². The molecule has 0 saturated carbocycles. The highest BCUT2D eigenvalue weighted by molar-refractivity contribution is 7.98. The lowest BCUT2D eigenvalue weighted by Crippen LogP contribution is -2.12. The first-order valence-electron chi connectivity index (χ1n) is 5.27. The van der Waals surface area contributed by atoms with E-state index in [0.29, 0.717) is 5.56 Å². The molecule has 2 rings (SSSR count). The molecule has 0 spiro atoms. The van der Waals surface area contributed by atoms with Crippen LogP contribution >= 0.6 is 11.8 Å². The van der Waals surface area contributed by atoms with Crippen molar-refractivity contribution >= 4 is 17.6 Å². The Morgan fingerprint density at radius 3 is 2.72 bits per heavy atom. The zero-order valence-corrected chi connectivity index (χ0v) is 10.6. The van der Waals surface area contributed by atoms with Crippen molar-refractivity contribution in [3.8, 4) is 0 Å². The molecule has 0 bridgehead atoms. The van der Waals surface area contributed by atoms with Crippen molar-refractivity contribution < 1.29 is 5.21 Å². The van der Waals surface area contributed by atoms with Crippen LogP contribution in [0.1, 0.15) is 17.0 Å². The zero-order chi connectivity index (χ0) is 13.0. The molecule has 1 aromatic heterocycles. The molecule has 0 saturated heterocycles. The summed E-state index contributed by atoms with van der Waals surface area (Å²) in [7, 11) is 0. The number of benzene rings is 1. The van der Waals surface area contributed by atoms with Gasteiger partial charge in [-0.3, -0.25) is 5.10 Å². The minimum absolute atomic E-state index is 0.110. The number of hydrogen-bond donors (Lipinski definition) is 3. The molecule has 1 aromatic carbocycles. The van der Waals surface area contributed by atoms with E-state index >= 15 is 0 Å². The molecule has 2 aromatic rings.